The molecule has 1 saturated heterocycles. The smallest absolute Gasteiger partial charge is 0.222 e. The molecule has 1 spiro atoms. The largest absolute Gasteiger partial charge is 0.497 e. The molecule has 1 atom stereocenters. The number of aliphatic hydroxyl groups excluding tert-OH is 1. The SMILES string of the molecule is CCC(=O)N1CCC2(CC1)CN(CC(O)c1ccccc1F)Cc1[nH]c3cc(OC)ccc3c12. The first kappa shape index (κ1) is 22.9. The fourth-order valence-electron chi connectivity index (χ4n) is 5.90. The Labute approximate surface area is 199 Å². The van der Waals surface area contributed by atoms with Gasteiger partial charge in [0.05, 0.1) is 13.2 Å². The molecule has 0 radical (unpaired) electrons. The van der Waals surface area contributed by atoms with Crippen LogP contribution in [0.15, 0.2) is 42.5 Å². The van der Waals surface area contributed by atoms with Gasteiger partial charge in [-0.15, -0.1) is 0 Å². The Balaban J connectivity index is 1.49. The Morgan fingerprint density at radius 1 is 1.24 bits per heavy atom. The second-order valence-electron chi connectivity index (χ2n) is 9.61. The maximum Gasteiger partial charge on any atom is 0.222 e. The Kier molecular flexibility index (Phi) is 6.08. The van der Waals surface area contributed by atoms with Gasteiger partial charge in [-0.25, -0.2) is 4.39 Å². The number of benzene rings is 2. The predicted molar refractivity (Wildman–Crippen MR) is 129 cm³/mol. The van der Waals surface area contributed by atoms with Gasteiger partial charge >= 0.3 is 0 Å². The van der Waals surface area contributed by atoms with Crippen molar-refractivity contribution in [3.63, 3.8) is 0 Å². The van der Waals surface area contributed by atoms with Gasteiger partial charge in [0, 0.05) is 72.8 Å². The molecule has 2 aliphatic heterocycles. The van der Waals surface area contributed by atoms with Crippen LogP contribution < -0.4 is 4.74 Å². The molecule has 0 bridgehead atoms. The number of aromatic nitrogens is 1. The molecule has 1 unspecified atom stereocenters. The minimum Gasteiger partial charge on any atom is -0.497 e. The quantitative estimate of drug-likeness (QED) is 0.595. The number of rotatable bonds is 5. The molecule has 0 aliphatic carbocycles. The molecule has 0 saturated carbocycles. The van der Waals surface area contributed by atoms with E-state index in [1.165, 1.54) is 17.0 Å². The second-order valence-corrected chi connectivity index (χ2v) is 9.61. The van der Waals surface area contributed by atoms with Crippen LogP contribution in [0.5, 0.6) is 5.75 Å². The van der Waals surface area contributed by atoms with Gasteiger partial charge in [0.15, 0.2) is 0 Å². The Bertz CT molecular complexity index is 1200. The van der Waals surface area contributed by atoms with E-state index >= 15 is 0 Å². The predicted octanol–water partition coefficient (Wildman–Crippen LogP) is 4.14. The zero-order valence-electron chi connectivity index (χ0n) is 19.8. The Morgan fingerprint density at radius 3 is 2.71 bits per heavy atom. The lowest BCUT2D eigenvalue weighted by molar-refractivity contribution is -0.132. The van der Waals surface area contributed by atoms with Crippen LogP contribution in [0.25, 0.3) is 10.9 Å². The molecule has 3 heterocycles. The zero-order chi connectivity index (χ0) is 23.9. The van der Waals surface area contributed by atoms with E-state index in [1.807, 2.05) is 24.0 Å². The summed E-state index contributed by atoms with van der Waals surface area (Å²) in [5.74, 6) is 0.614. The van der Waals surface area contributed by atoms with E-state index in [0.717, 1.165) is 49.4 Å². The van der Waals surface area contributed by atoms with Crippen LogP contribution in [-0.2, 0) is 16.8 Å². The van der Waals surface area contributed by atoms with Gasteiger partial charge in [0.25, 0.3) is 0 Å². The number of amides is 1. The standard InChI is InChI=1S/C27H32FN3O3/c1-3-25(33)31-12-10-27(11-13-31)17-30(16-24(32)19-6-4-5-7-21(19)28)15-23-26(27)20-9-8-18(34-2)14-22(20)29-23/h4-9,14,24,29,32H,3,10-13,15-17H2,1-2H3. The van der Waals surface area contributed by atoms with Crippen molar-refractivity contribution in [3.8, 4) is 5.75 Å². The number of carbonyl (C=O) groups excluding carboxylic acids is 1. The van der Waals surface area contributed by atoms with E-state index in [1.54, 1.807) is 25.3 Å². The van der Waals surface area contributed by atoms with Crippen LogP contribution in [0.4, 0.5) is 4.39 Å². The molecular formula is C27H32FN3O3. The summed E-state index contributed by atoms with van der Waals surface area (Å²) in [5.41, 5.74) is 3.68. The van der Waals surface area contributed by atoms with Crippen molar-refractivity contribution in [1.29, 1.82) is 0 Å². The summed E-state index contributed by atoms with van der Waals surface area (Å²) in [5, 5.41) is 12.1. The molecule has 2 aromatic carbocycles. The molecule has 1 aromatic heterocycles. The first-order valence-electron chi connectivity index (χ1n) is 12.1. The lowest BCUT2D eigenvalue weighted by Gasteiger charge is -2.48. The maximum absolute atomic E-state index is 14.3. The third-order valence-electron chi connectivity index (χ3n) is 7.59. The lowest BCUT2D eigenvalue weighted by Crippen LogP contribution is -2.53. The number of carbonyl (C=O) groups is 1. The minimum absolute atomic E-state index is 0.139. The van der Waals surface area contributed by atoms with Gasteiger partial charge in [-0.2, -0.15) is 0 Å². The van der Waals surface area contributed by atoms with Crippen molar-refractivity contribution >= 4 is 16.8 Å². The summed E-state index contributed by atoms with van der Waals surface area (Å²) in [6.45, 7) is 5.11. The number of hydrogen-bond acceptors (Lipinski definition) is 4. The van der Waals surface area contributed by atoms with Crippen LogP contribution in [0.1, 0.15) is 49.1 Å². The van der Waals surface area contributed by atoms with Crippen molar-refractivity contribution in [2.75, 3.05) is 33.3 Å². The molecule has 180 valence electrons. The van der Waals surface area contributed by atoms with Gasteiger partial charge < -0.3 is 19.7 Å². The number of hydrogen-bond donors (Lipinski definition) is 2. The summed E-state index contributed by atoms with van der Waals surface area (Å²) in [4.78, 5) is 20.1. The van der Waals surface area contributed by atoms with Gasteiger partial charge in [0.2, 0.25) is 5.91 Å². The summed E-state index contributed by atoms with van der Waals surface area (Å²) in [6.07, 6.45) is 1.33. The number of aromatic amines is 1. The third-order valence-corrected chi connectivity index (χ3v) is 7.59. The van der Waals surface area contributed by atoms with Crippen LogP contribution in [0.3, 0.4) is 0 Å². The number of ether oxygens (including phenoxy) is 1. The number of methoxy groups -OCH3 is 1. The van der Waals surface area contributed by atoms with Crippen molar-refractivity contribution in [2.24, 2.45) is 0 Å². The van der Waals surface area contributed by atoms with Gasteiger partial charge in [-0.05, 0) is 36.6 Å². The highest BCUT2D eigenvalue weighted by molar-refractivity contribution is 5.87. The molecule has 5 rings (SSSR count). The normalized spacial score (nSPS) is 18.8. The molecule has 3 aromatic rings. The van der Waals surface area contributed by atoms with Crippen LogP contribution in [0.2, 0.25) is 0 Å². The number of aliphatic hydroxyl groups is 1. The molecule has 2 N–H and O–H groups in total. The van der Waals surface area contributed by atoms with Gasteiger partial charge in [-0.1, -0.05) is 25.1 Å². The number of nitrogens with one attached hydrogen (secondary N) is 1. The van der Waals surface area contributed by atoms with Crippen LogP contribution in [0, 0.1) is 5.82 Å². The summed E-state index contributed by atoms with van der Waals surface area (Å²) >= 11 is 0. The Hall–Kier alpha value is -2.90. The van der Waals surface area contributed by atoms with Crippen molar-refractivity contribution in [2.45, 2.75) is 44.2 Å². The number of likely N-dealkylation sites (tertiary alicyclic amines) is 1. The van der Waals surface area contributed by atoms with Gasteiger partial charge in [-0.3, -0.25) is 9.69 Å². The number of halogens is 1. The number of nitrogens with zero attached hydrogens (tertiary/aromatic N) is 2. The molecule has 1 fully saturated rings. The lowest BCUT2D eigenvalue weighted by atomic mass is 9.69. The fraction of sp³-hybridized carbons (Fsp3) is 0.444. The van der Waals surface area contributed by atoms with Crippen LogP contribution >= 0.6 is 0 Å². The number of piperidine rings is 1. The van der Waals surface area contributed by atoms with E-state index in [-0.39, 0.29) is 17.1 Å². The van der Waals surface area contributed by atoms with Crippen molar-refractivity contribution < 1.29 is 19.0 Å². The monoisotopic (exact) mass is 465 g/mol. The van der Waals surface area contributed by atoms with Crippen LogP contribution in [-0.4, -0.2) is 59.1 Å². The highest BCUT2D eigenvalue weighted by Crippen LogP contribution is 2.46. The Morgan fingerprint density at radius 2 is 2.00 bits per heavy atom. The summed E-state index contributed by atoms with van der Waals surface area (Å²) in [6, 6.07) is 12.6. The van der Waals surface area contributed by atoms with Gasteiger partial charge in [0.1, 0.15) is 11.6 Å². The number of H-pyrrole nitrogens is 1. The second kappa shape index (κ2) is 9.04. The highest BCUT2D eigenvalue weighted by Gasteiger charge is 2.45. The average Bonchev–Trinajstić information content (AvgIpc) is 3.22. The van der Waals surface area contributed by atoms with Crippen molar-refractivity contribution in [1.82, 2.24) is 14.8 Å². The third kappa shape index (κ3) is 3.97. The minimum atomic E-state index is -0.911. The molecule has 34 heavy (non-hydrogen) atoms. The maximum atomic E-state index is 14.3. The van der Waals surface area contributed by atoms with E-state index in [0.29, 0.717) is 25.1 Å². The van der Waals surface area contributed by atoms with Crippen molar-refractivity contribution in [3.05, 3.63) is 65.1 Å². The first-order valence-corrected chi connectivity index (χ1v) is 12.1. The zero-order valence-corrected chi connectivity index (χ0v) is 19.8. The van der Waals surface area contributed by atoms with E-state index in [4.69, 9.17) is 4.74 Å². The molecule has 2 aliphatic rings. The summed E-state index contributed by atoms with van der Waals surface area (Å²) < 4.78 is 19.7. The molecule has 7 heteroatoms. The first-order chi connectivity index (χ1) is 16.4. The number of β-amino-alcohol motifs (C(OH)–C–C–N with tert-alkyl or cyclic N) is 1. The van der Waals surface area contributed by atoms with E-state index < -0.39 is 6.10 Å². The van der Waals surface area contributed by atoms with E-state index in [2.05, 4.69) is 16.0 Å². The van der Waals surface area contributed by atoms with E-state index in [9.17, 15) is 14.3 Å². The molecular weight excluding hydrogens is 433 g/mol. The highest BCUT2D eigenvalue weighted by atomic mass is 19.1. The average molecular weight is 466 g/mol. The fourth-order valence-corrected chi connectivity index (χ4v) is 5.90. The topological polar surface area (TPSA) is 68.8 Å². The number of fused-ring (bicyclic) bond motifs is 4. The molecule has 1 amide bonds. The molecule has 6 nitrogen and oxygen atoms in total. The summed E-state index contributed by atoms with van der Waals surface area (Å²) in [7, 11) is 1.66.